The van der Waals surface area contributed by atoms with Crippen LogP contribution < -0.4 is 0 Å². The Kier molecular flexibility index (Phi) is 5.89. The highest BCUT2D eigenvalue weighted by Crippen LogP contribution is 2.40. The number of epoxide rings is 1. The highest BCUT2D eigenvalue weighted by Gasteiger charge is 2.50. The fourth-order valence-corrected chi connectivity index (χ4v) is 2.56. The molecule has 0 amide bonds. The van der Waals surface area contributed by atoms with Gasteiger partial charge in [-0.3, -0.25) is 0 Å². The van der Waals surface area contributed by atoms with Crippen molar-refractivity contribution < 1.29 is 9.47 Å². The van der Waals surface area contributed by atoms with Crippen LogP contribution in [0.2, 0.25) is 0 Å². The number of rotatable bonds is 9. The predicted molar refractivity (Wildman–Crippen MR) is 80.1 cm³/mol. The topological polar surface area (TPSA) is 21.8 Å². The Morgan fingerprint density at radius 2 is 2.00 bits per heavy atom. The maximum absolute atomic E-state index is 5.52. The van der Waals surface area contributed by atoms with Crippen LogP contribution in [0, 0.1) is 18.3 Å². The summed E-state index contributed by atoms with van der Waals surface area (Å²) in [6.45, 7) is 8.78. The second-order valence-electron chi connectivity index (χ2n) is 6.83. The average Bonchev–Trinajstić information content (AvgIpc) is 3.00. The molecule has 0 aromatic rings. The molecule has 1 aliphatic heterocycles. The van der Waals surface area contributed by atoms with Crippen LogP contribution in [-0.4, -0.2) is 24.4 Å². The van der Waals surface area contributed by atoms with Crippen molar-refractivity contribution in [2.24, 2.45) is 5.92 Å². The maximum atomic E-state index is 5.52. The lowest BCUT2D eigenvalue weighted by Crippen LogP contribution is -2.22. The van der Waals surface area contributed by atoms with Crippen LogP contribution in [0.3, 0.4) is 0 Å². The largest absolute Gasteiger partial charge is 0.379 e. The monoisotopic (exact) mass is 266 g/mol. The number of hydrogen-bond donors (Lipinski definition) is 0. The molecule has 0 bridgehead atoms. The number of hydrogen-bond acceptors (Lipinski definition) is 2. The Hall–Kier alpha value is -0.520. The molecule has 0 N–H and O–H groups in total. The summed E-state index contributed by atoms with van der Waals surface area (Å²) in [4.78, 5) is 0. The van der Waals surface area contributed by atoms with Gasteiger partial charge in [-0.05, 0) is 39.5 Å². The van der Waals surface area contributed by atoms with Crippen molar-refractivity contribution in [3.05, 3.63) is 0 Å². The molecule has 19 heavy (non-hydrogen) atoms. The number of terminal acetylenes is 1. The van der Waals surface area contributed by atoms with Gasteiger partial charge in [-0.1, -0.05) is 38.5 Å². The zero-order valence-electron chi connectivity index (χ0n) is 13.3. The third-order valence-corrected chi connectivity index (χ3v) is 4.43. The van der Waals surface area contributed by atoms with E-state index in [0.29, 0.717) is 0 Å². The summed E-state index contributed by atoms with van der Waals surface area (Å²) in [6.07, 6.45) is 12.7. The van der Waals surface area contributed by atoms with Crippen LogP contribution in [0.15, 0.2) is 0 Å². The second-order valence-corrected chi connectivity index (χ2v) is 6.83. The molecule has 3 atom stereocenters. The van der Waals surface area contributed by atoms with E-state index in [9.17, 15) is 0 Å². The van der Waals surface area contributed by atoms with Gasteiger partial charge in [-0.2, -0.15) is 0 Å². The van der Waals surface area contributed by atoms with Crippen molar-refractivity contribution >= 4 is 0 Å². The van der Waals surface area contributed by atoms with Crippen molar-refractivity contribution in [1.82, 2.24) is 0 Å². The second kappa shape index (κ2) is 6.77. The molecule has 0 radical (unpaired) electrons. The van der Waals surface area contributed by atoms with E-state index in [0.717, 1.165) is 18.8 Å². The summed E-state index contributed by atoms with van der Waals surface area (Å²) in [5.74, 6) is 3.47. The minimum absolute atomic E-state index is 0.0213. The van der Waals surface area contributed by atoms with E-state index in [2.05, 4.69) is 33.6 Å². The molecule has 1 heterocycles. The smallest absolute Gasteiger partial charge is 0.147 e. The van der Waals surface area contributed by atoms with E-state index in [1.165, 1.54) is 25.7 Å². The van der Waals surface area contributed by atoms with Gasteiger partial charge in [0.15, 0.2) is 0 Å². The van der Waals surface area contributed by atoms with Crippen LogP contribution in [-0.2, 0) is 9.47 Å². The lowest BCUT2D eigenvalue weighted by atomic mass is 9.91. The molecule has 0 spiro atoms. The molecule has 0 aromatic heterocycles. The van der Waals surface area contributed by atoms with Gasteiger partial charge < -0.3 is 9.47 Å². The third kappa shape index (κ3) is 5.55. The predicted octanol–water partition coefficient (Wildman–Crippen LogP) is 4.18. The van der Waals surface area contributed by atoms with Crippen molar-refractivity contribution in [1.29, 1.82) is 0 Å². The third-order valence-electron chi connectivity index (χ3n) is 4.43. The van der Waals surface area contributed by atoms with Crippen LogP contribution in [0.4, 0.5) is 0 Å². The fraction of sp³-hybridized carbons (Fsp3) is 0.882. The van der Waals surface area contributed by atoms with Gasteiger partial charge in [0.25, 0.3) is 0 Å². The molecule has 1 fully saturated rings. The Morgan fingerprint density at radius 1 is 1.37 bits per heavy atom. The van der Waals surface area contributed by atoms with Gasteiger partial charge in [-0.15, -0.1) is 6.42 Å². The quantitative estimate of drug-likeness (QED) is 0.461. The highest BCUT2D eigenvalue weighted by molar-refractivity contribution is 5.15. The summed E-state index contributed by atoms with van der Waals surface area (Å²) < 4.78 is 11.0. The van der Waals surface area contributed by atoms with Crippen molar-refractivity contribution in [2.75, 3.05) is 7.11 Å². The standard InChI is InChI=1S/C17H30O2/c1-7-15-17(5,19-15)13-9-11-14(2)10-8-12-16(3,4)18-6/h1,14-15H,8-13H2,2-6H3. The van der Waals surface area contributed by atoms with Gasteiger partial charge in [-0.25, -0.2) is 0 Å². The van der Waals surface area contributed by atoms with E-state index in [1.807, 2.05) is 0 Å². The Bertz CT molecular complexity index is 316. The molecule has 0 saturated carbocycles. The zero-order chi connectivity index (χ0) is 14.5. The lowest BCUT2D eigenvalue weighted by Gasteiger charge is -2.23. The van der Waals surface area contributed by atoms with E-state index < -0.39 is 0 Å². The summed E-state index contributed by atoms with van der Waals surface area (Å²) in [5, 5.41) is 0. The van der Waals surface area contributed by atoms with E-state index in [4.69, 9.17) is 15.9 Å². The molecule has 2 nitrogen and oxygen atoms in total. The molecule has 0 aliphatic carbocycles. The molecule has 1 aliphatic rings. The van der Waals surface area contributed by atoms with Crippen LogP contribution >= 0.6 is 0 Å². The Morgan fingerprint density at radius 3 is 2.53 bits per heavy atom. The minimum Gasteiger partial charge on any atom is -0.379 e. The molecule has 2 heteroatoms. The first-order chi connectivity index (χ1) is 8.83. The van der Waals surface area contributed by atoms with Gasteiger partial charge in [0, 0.05) is 7.11 Å². The Labute approximate surface area is 119 Å². The van der Waals surface area contributed by atoms with Crippen molar-refractivity contribution in [2.45, 2.75) is 83.5 Å². The normalized spacial score (nSPS) is 27.9. The van der Waals surface area contributed by atoms with Gasteiger partial charge in [0.05, 0.1) is 5.60 Å². The molecule has 110 valence electrons. The fourth-order valence-electron chi connectivity index (χ4n) is 2.56. The zero-order valence-corrected chi connectivity index (χ0v) is 13.3. The molecule has 1 rings (SSSR count). The van der Waals surface area contributed by atoms with Gasteiger partial charge in [0.2, 0.25) is 0 Å². The van der Waals surface area contributed by atoms with E-state index in [1.54, 1.807) is 7.11 Å². The highest BCUT2D eigenvalue weighted by atomic mass is 16.6. The average molecular weight is 266 g/mol. The number of ether oxygens (including phenoxy) is 2. The van der Waals surface area contributed by atoms with Crippen molar-refractivity contribution in [3.63, 3.8) is 0 Å². The summed E-state index contributed by atoms with van der Waals surface area (Å²) >= 11 is 0. The molecular weight excluding hydrogens is 236 g/mol. The summed E-state index contributed by atoms with van der Waals surface area (Å²) in [7, 11) is 1.79. The van der Waals surface area contributed by atoms with Crippen LogP contribution in [0.5, 0.6) is 0 Å². The Balaban J connectivity index is 2.06. The minimum atomic E-state index is -0.0213. The number of methoxy groups -OCH3 is 1. The SMILES string of the molecule is C#CC1OC1(C)CCCC(C)CCCC(C)(C)OC. The van der Waals surface area contributed by atoms with E-state index in [-0.39, 0.29) is 17.3 Å². The van der Waals surface area contributed by atoms with Crippen LogP contribution in [0.25, 0.3) is 0 Å². The van der Waals surface area contributed by atoms with Crippen molar-refractivity contribution in [3.8, 4) is 12.3 Å². The molecule has 1 saturated heterocycles. The molecular formula is C17H30O2. The first-order valence-electron chi connectivity index (χ1n) is 7.52. The lowest BCUT2D eigenvalue weighted by molar-refractivity contribution is 0.0127. The molecule has 3 unspecified atom stereocenters. The summed E-state index contributed by atoms with van der Waals surface area (Å²) in [5.41, 5.74) is 0.00157. The van der Waals surface area contributed by atoms with Crippen LogP contribution in [0.1, 0.15) is 66.2 Å². The van der Waals surface area contributed by atoms with E-state index >= 15 is 0 Å². The molecule has 0 aromatic carbocycles. The maximum Gasteiger partial charge on any atom is 0.147 e. The van der Waals surface area contributed by atoms with Gasteiger partial charge >= 0.3 is 0 Å². The van der Waals surface area contributed by atoms with Gasteiger partial charge in [0.1, 0.15) is 11.7 Å². The first-order valence-corrected chi connectivity index (χ1v) is 7.52. The first kappa shape index (κ1) is 16.5. The summed E-state index contributed by atoms with van der Waals surface area (Å²) in [6, 6.07) is 0.